The third-order valence-electron chi connectivity index (χ3n) is 2.41. The van der Waals surface area contributed by atoms with Crippen LogP contribution in [0, 0.1) is 6.92 Å². The number of aryl methyl sites for hydroxylation is 1. The molecule has 88 valence electrons. The molecular weight excluding hydrogens is 220 g/mol. The van der Waals surface area contributed by atoms with Crippen LogP contribution in [-0.4, -0.2) is 23.1 Å². The van der Waals surface area contributed by atoms with Gasteiger partial charge in [-0.2, -0.15) is 4.98 Å². The third kappa shape index (κ3) is 1.96. The summed E-state index contributed by atoms with van der Waals surface area (Å²) >= 11 is 0. The molecule has 0 radical (unpaired) electrons. The highest BCUT2D eigenvalue weighted by atomic mass is 16.5. The molecule has 2 rings (SSSR count). The Morgan fingerprint density at radius 3 is 2.94 bits per heavy atom. The standard InChI is InChI=1S/C11H12N4O2/c1-6-4-3-5-7(8(6)12)11-14-9(15-17-11)10(16)13-2/h3-5H,12H2,1-2H3,(H,13,16). The summed E-state index contributed by atoms with van der Waals surface area (Å²) in [4.78, 5) is 15.3. The molecule has 0 spiro atoms. The van der Waals surface area contributed by atoms with Crippen molar-refractivity contribution in [3.8, 4) is 11.5 Å². The average molecular weight is 232 g/mol. The lowest BCUT2D eigenvalue weighted by molar-refractivity contribution is 0.0950. The number of amides is 1. The number of carbonyl (C=O) groups excluding carboxylic acids is 1. The summed E-state index contributed by atoms with van der Waals surface area (Å²) in [5.74, 6) is -0.167. The topological polar surface area (TPSA) is 94.0 Å². The van der Waals surface area contributed by atoms with Crippen LogP contribution in [0.15, 0.2) is 22.7 Å². The average Bonchev–Trinajstić information content (AvgIpc) is 2.81. The van der Waals surface area contributed by atoms with E-state index in [0.717, 1.165) is 5.56 Å². The molecule has 0 fully saturated rings. The van der Waals surface area contributed by atoms with E-state index in [2.05, 4.69) is 15.5 Å². The zero-order valence-corrected chi connectivity index (χ0v) is 9.52. The van der Waals surface area contributed by atoms with E-state index in [4.69, 9.17) is 10.3 Å². The molecule has 0 aliphatic carbocycles. The molecule has 2 aromatic rings. The lowest BCUT2D eigenvalue weighted by atomic mass is 10.1. The van der Waals surface area contributed by atoms with E-state index in [-0.39, 0.29) is 11.7 Å². The number of anilines is 1. The van der Waals surface area contributed by atoms with E-state index in [0.29, 0.717) is 11.3 Å². The number of carbonyl (C=O) groups is 1. The molecule has 0 bridgehead atoms. The summed E-state index contributed by atoms with van der Waals surface area (Å²) < 4.78 is 5.01. The van der Waals surface area contributed by atoms with Crippen LogP contribution in [0.4, 0.5) is 5.69 Å². The normalized spacial score (nSPS) is 10.2. The second-order valence-corrected chi connectivity index (χ2v) is 3.54. The summed E-state index contributed by atoms with van der Waals surface area (Å²) in [5, 5.41) is 6.00. The first-order valence-corrected chi connectivity index (χ1v) is 5.04. The quantitative estimate of drug-likeness (QED) is 0.753. The van der Waals surface area contributed by atoms with Gasteiger partial charge in [0, 0.05) is 12.7 Å². The molecule has 0 saturated carbocycles. The summed E-state index contributed by atoms with van der Waals surface area (Å²) in [6.07, 6.45) is 0. The largest absolute Gasteiger partial charge is 0.398 e. The van der Waals surface area contributed by atoms with Gasteiger partial charge in [0.2, 0.25) is 0 Å². The summed E-state index contributed by atoms with van der Waals surface area (Å²) in [6.45, 7) is 1.88. The van der Waals surface area contributed by atoms with Crippen molar-refractivity contribution in [3.63, 3.8) is 0 Å². The maximum Gasteiger partial charge on any atom is 0.292 e. The highest BCUT2D eigenvalue weighted by Crippen LogP contribution is 2.26. The van der Waals surface area contributed by atoms with Gasteiger partial charge in [0.25, 0.3) is 17.6 Å². The Morgan fingerprint density at radius 1 is 1.47 bits per heavy atom. The van der Waals surface area contributed by atoms with Crippen LogP contribution in [0.25, 0.3) is 11.5 Å². The van der Waals surface area contributed by atoms with Gasteiger partial charge in [-0.1, -0.05) is 17.3 Å². The molecule has 1 aromatic carbocycles. The monoisotopic (exact) mass is 232 g/mol. The van der Waals surface area contributed by atoms with Crippen molar-refractivity contribution in [2.45, 2.75) is 6.92 Å². The van der Waals surface area contributed by atoms with Crippen LogP contribution < -0.4 is 11.1 Å². The van der Waals surface area contributed by atoms with Gasteiger partial charge in [-0.05, 0) is 18.6 Å². The highest BCUT2D eigenvalue weighted by Gasteiger charge is 2.16. The summed E-state index contributed by atoms with van der Waals surface area (Å²) in [7, 11) is 1.50. The minimum atomic E-state index is -0.397. The van der Waals surface area contributed by atoms with Crippen LogP contribution in [0.1, 0.15) is 16.2 Å². The van der Waals surface area contributed by atoms with Gasteiger partial charge in [-0.25, -0.2) is 0 Å². The zero-order chi connectivity index (χ0) is 12.4. The van der Waals surface area contributed by atoms with Crippen molar-refractivity contribution in [1.29, 1.82) is 0 Å². The van der Waals surface area contributed by atoms with Crippen LogP contribution in [0.3, 0.4) is 0 Å². The minimum absolute atomic E-state index is 0.0107. The Bertz CT molecular complexity index is 562. The number of para-hydroxylation sites is 1. The molecule has 0 unspecified atom stereocenters. The molecule has 6 heteroatoms. The van der Waals surface area contributed by atoms with Gasteiger partial charge in [-0.3, -0.25) is 4.79 Å². The number of rotatable bonds is 2. The SMILES string of the molecule is CNC(=O)c1noc(-c2cccc(C)c2N)n1. The number of nitrogens with two attached hydrogens (primary N) is 1. The first-order valence-electron chi connectivity index (χ1n) is 5.04. The van der Waals surface area contributed by atoms with Gasteiger partial charge >= 0.3 is 0 Å². The van der Waals surface area contributed by atoms with Crippen molar-refractivity contribution in [3.05, 3.63) is 29.6 Å². The number of aromatic nitrogens is 2. The van der Waals surface area contributed by atoms with Gasteiger partial charge in [0.05, 0.1) is 5.56 Å². The number of nitrogens with zero attached hydrogens (tertiary/aromatic N) is 2. The minimum Gasteiger partial charge on any atom is -0.398 e. The first kappa shape index (κ1) is 11.1. The van der Waals surface area contributed by atoms with E-state index >= 15 is 0 Å². The number of nitrogen functional groups attached to an aromatic ring is 1. The molecule has 0 saturated heterocycles. The number of benzene rings is 1. The summed E-state index contributed by atoms with van der Waals surface area (Å²) in [5.41, 5.74) is 8.02. The van der Waals surface area contributed by atoms with Gasteiger partial charge < -0.3 is 15.6 Å². The molecule has 0 aliphatic rings. The maximum atomic E-state index is 11.3. The molecule has 1 aromatic heterocycles. The Morgan fingerprint density at radius 2 is 2.24 bits per heavy atom. The van der Waals surface area contributed by atoms with Gasteiger partial charge in [0.1, 0.15) is 0 Å². The van der Waals surface area contributed by atoms with Crippen molar-refractivity contribution in [2.75, 3.05) is 12.8 Å². The molecule has 0 aliphatic heterocycles. The van der Waals surface area contributed by atoms with Crippen LogP contribution >= 0.6 is 0 Å². The fraction of sp³-hybridized carbons (Fsp3) is 0.182. The van der Waals surface area contributed by atoms with E-state index in [9.17, 15) is 4.79 Å². The van der Waals surface area contributed by atoms with Crippen molar-refractivity contribution in [1.82, 2.24) is 15.5 Å². The van der Waals surface area contributed by atoms with Gasteiger partial charge in [-0.15, -0.1) is 0 Å². The summed E-state index contributed by atoms with van der Waals surface area (Å²) in [6, 6.07) is 5.49. The Labute approximate surface area is 97.8 Å². The van der Waals surface area contributed by atoms with Gasteiger partial charge in [0.15, 0.2) is 0 Å². The molecule has 1 amide bonds. The molecule has 3 N–H and O–H groups in total. The molecular formula is C11H12N4O2. The van der Waals surface area contributed by atoms with E-state index in [1.54, 1.807) is 6.07 Å². The van der Waals surface area contributed by atoms with Crippen molar-refractivity contribution >= 4 is 11.6 Å². The molecule has 6 nitrogen and oxygen atoms in total. The lowest BCUT2D eigenvalue weighted by Crippen LogP contribution is -2.19. The fourth-order valence-electron chi connectivity index (χ4n) is 1.40. The predicted octanol–water partition coefficient (Wildman–Crippen LogP) is 0.987. The number of hydrogen-bond acceptors (Lipinski definition) is 5. The zero-order valence-electron chi connectivity index (χ0n) is 9.52. The maximum absolute atomic E-state index is 11.3. The number of nitrogens with one attached hydrogen (secondary N) is 1. The highest BCUT2D eigenvalue weighted by molar-refractivity contribution is 5.90. The first-order chi connectivity index (χ1) is 8.13. The number of hydrogen-bond donors (Lipinski definition) is 2. The lowest BCUT2D eigenvalue weighted by Gasteiger charge is -2.02. The molecule has 0 atom stereocenters. The van der Waals surface area contributed by atoms with Crippen LogP contribution in [-0.2, 0) is 0 Å². The van der Waals surface area contributed by atoms with E-state index in [1.807, 2.05) is 19.1 Å². The Kier molecular flexibility index (Phi) is 2.78. The Balaban J connectivity index is 2.44. The fourth-order valence-corrected chi connectivity index (χ4v) is 1.40. The third-order valence-corrected chi connectivity index (χ3v) is 2.41. The predicted molar refractivity (Wildman–Crippen MR) is 62.3 cm³/mol. The molecule has 17 heavy (non-hydrogen) atoms. The van der Waals surface area contributed by atoms with Crippen molar-refractivity contribution < 1.29 is 9.32 Å². The molecule has 1 heterocycles. The van der Waals surface area contributed by atoms with Crippen molar-refractivity contribution in [2.24, 2.45) is 0 Å². The second-order valence-electron chi connectivity index (χ2n) is 3.54. The second kappa shape index (κ2) is 4.25. The smallest absolute Gasteiger partial charge is 0.292 e. The van der Waals surface area contributed by atoms with E-state index < -0.39 is 5.91 Å². The van der Waals surface area contributed by atoms with Crippen LogP contribution in [0.2, 0.25) is 0 Å². The van der Waals surface area contributed by atoms with E-state index in [1.165, 1.54) is 7.05 Å². The Hall–Kier alpha value is -2.37. The van der Waals surface area contributed by atoms with Crippen LogP contribution in [0.5, 0.6) is 0 Å².